The lowest BCUT2D eigenvalue weighted by atomic mass is 9.83. The minimum atomic E-state index is 0.170. The number of hydrogen-bond donors (Lipinski definition) is 0. The highest BCUT2D eigenvalue weighted by atomic mass is 16.3. The number of fused-ring (bicyclic) bond motifs is 8. The molecule has 4 nitrogen and oxygen atoms in total. The van der Waals surface area contributed by atoms with Gasteiger partial charge in [0.05, 0.1) is 34.1 Å². The Balaban J connectivity index is 1.07. The Hall–Kier alpha value is -10.2. The van der Waals surface area contributed by atoms with Crippen LogP contribution in [0.5, 0.6) is 0 Å². The van der Waals surface area contributed by atoms with E-state index in [0.29, 0.717) is 0 Å². The maximum atomic E-state index is 7.13. The van der Waals surface area contributed by atoms with Crippen LogP contribution in [0.2, 0.25) is 0 Å². The number of furan rings is 2. The van der Waals surface area contributed by atoms with E-state index in [0.717, 1.165) is 100 Å². The van der Waals surface area contributed by atoms with Crippen LogP contribution in [0.1, 0.15) is 61.8 Å². The molecule has 2 aromatic heterocycles. The van der Waals surface area contributed by atoms with Crippen molar-refractivity contribution in [3.05, 3.63) is 265 Å². The highest BCUT2D eigenvalue weighted by Gasteiger charge is 2.31. The SMILES string of the molecule is Cc1ccc2ccc(-c3ccccc3)c(N(c3cc(C(C)C)c4ccc5c(N(c6c(C)ccc7ccc(-c8ccccc8)cc67)c6cccc7c6oc6ccccc67)cc(C(C)C)c6ccc3c4c65)c3cccc4c3oc3ccccc34)c2c1. The predicted molar refractivity (Wildman–Crippen MR) is 358 cm³/mol. The molecule has 0 atom stereocenters. The number of nitrogens with zero attached hydrogens (tertiary/aromatic N) is 2. The first kappa shape index (κ1) is 49.6. The highest BCUT2D eigenvalue weighted by Crippen LogP contribution is 2.56. The lowest BCUT2D eigenvalue weighted by molar-refractivity contribution is 0.669. The van der Waals surface area contributed by atoms with Gasteiger partial charge in [-0.15, -0.1) is 0 Å². The first-order chi connectivity index (χ1) is 41.2. The van der Waals surface area contributed by atoms with E-state index in [4.69, 9.17) is 8.83 Å². The topological polar surface area (TPSA) is 32.8 Å². The van der Waals surface area contributed by atoms with Gasteiger partial charge in [-0.3, -0.25) is 0 Å². The molecule has 16 aromatic rings. The second kappa shape index (κ2) is 19.2. The van der Waals surface area contributed by atoms with Gasteiger partial charge in [0.15, 0.2) is 11.2 Å². The summed E-state index contributed by atoms with van der Waals surface area (Å²) in [6.07, 6.45) is 0. The van der Waals surface area contributed by atoms with Crippen LogP contribution in [0, 0.1) is 13.8 Å². The van der Waals surface area contributed by atoms with Crippen molar-refractivity contribution in [1.82, 2.24) is 0 Å². The number of aryl methyl sites for hydroxylation is 2. The van der Waals surface area contributed by atoms with E-state index in [1.54, 1.807) is 0 Å². The van der Waals surface area contributed by atoms with Crippen molar-refractivity contribution in [2.45, 2.75) is 53.4 Å². The summed E-state index contributed by atoms with van der Waals surface area (Å²) in [5.41, 5.74) is 19.4. The molecule has 2 heterocycles. The van der Waals surface area contributed by atoms with Gasteiger partial charge in [0, 0.05) is 48.7 Å². The lowest BCUT2D eigenvalue weighted by Crippen LogP contribution is -2.15. The molecule has 0 amide bonds. The minimum Gasteiger partial charge on any atom is -0.454 e. The van der Waals surface area contributed by atoms with Crippen molar-refractivity contribution in [2.24, 2.45) is 0 Å². The van der Waals surface area contributed by atoms with Crippen molar-refractivity contribution in [3.8, 4) is 22.3 Å². The number of para-hydroxylation sites is 4. The van der Waals surface area contributed by atoms with E-state index in [1.165, 1.54) is 76.3 Å². The summed E-state index contributed by atoms with van der Waals surface area (Å²) >= 11 is 0. The summed E-state index contributed by atoms with van der Waals surface area (Å²) in [6, 6.07) is 89.7. The normalized spacial score (nSPS) is 12.1. The summed E-state index contributed by atoms with van der Waals surface area (Å²) < 4.78 is 14.2. The van der Waals surface area contributed by atoms with E-state index in [9.17, 15) is 0 Å². The molecule has 84 heavy (non-hydrogen) atoms. The maximum Gasteiger partial charge on any atom is 0.159 e. The number of benzene rings is 14. The maximum absolute atomic E-state index is 7.13. The van der Waals surface area contributed by atoms with Crippen molar-refractivity contribution in [3.63, 3.8) is 0 Å². The third-order valence-corrected chi connectivity index (χ3v) is 17.9. The second-order valence-electron chi connectivity index (χ2n) is 23.6. The molecular formula is C80H60N2O2. The molecule has 0 bridgehead atoms. The highest BCUT2D eigenvalue weighted by molar-refractivity contribution is 6.31. The standard InChI is InChI=1S/C80H60N2O2/c1-47(2)65-45-71(81(69-27-17-25-61-57-23-13-15-29-73(57)83-79(61)69)77-50(6)32-34-54-35-36-55(44-68(54)77)51-19-9-7-10-20-51)63-41-39-60-66(48(3)4)46-72(64-42-40-59(65)75(63)76(60)64)82(70-28-18-26-62-58-24-14-16-30-74(58)84-80(62)70)78-56(52-21-11-8-12-22-52)38-37-53-33-31-49(5)43-67(53)78/h7-48H,1-6H3. The third-order valence-electron chi connectivity index (χ3n) is 17.9. The van der Waals surface area contributed by atoms with Gasteiger partial charge in [0.2, 0.25) is 0 Å². The van der Waals surface area contributed by atoms with Crippen LogP contribution in [0.15, 0.2) is 251 Å². The van der Waals surface area contributed by atoms with Crippen LogP contribution < -0.4 is 9.80 Å². The molecule has 0 unspecified atom stereocenters. The summed E-state index contributed by atoms with van der Waals surface area (Å²) in [5.74, 6) is 0.345. The summed E-state index contributed by atoms with van der Waals surface area (Å²) in [6.45, 7) is 13.9. The van der Waals surface area contributed by atoms with Crippen molar-refractivity contribution in [1.29, 1.82) is 0 Å². The Morgan fingerprint density at radius 2 is 0.774 bits per heavy atom. The van der Waals surface area contributed by atoms with Gasteiger partial charge in [-0.2, -0.15) is 0 Å². The van der Waals surface area contributed by atoms with E-state index < -0.39 is 0 Å². The van der Waals surface area contributed by atoms with Crippen LogP contribution in [0.4, 0.5) is 34.1 Å². The summed E-state index contributed by atoms with van der Waals surface area (Å²) in [4.78, 5) is 5.12. The zero-order valence-corrected chi connectivity index (χ0v) is 48.0. The zero-order chi connectivity index (χ0) is 56.5. The molecule has 0 radical (unpaired) electrons. The molecule has 402 valence electrons. The number of rotatable bonds is 10. The fourth-order valence-corrected chi connectivity index (χ4v) is 13.9. The van der Waals surface area contributed by atoms with Crippen molar-refractivity contribution >= 4 is 132 Å². The van der Waals surface area contributed by atoms with Gasteiger partial charge in [0.25, 0.3) is 0 Å². The Kier molecular flexibility index (Phi) is 11.4. The van der Waals surface area contributed by atoms with E-state index in [-0.39, 0.29) is 11.8 Å². The molecule has 0 saturated carbocycles. The molecular weight excluding hydrogens is 1020 g/mol. The molecule has 0 aliphatic rings. The summed E-state index contributed by atoms with van der Waals surface area (Å²) in [5, 5.41) is 16.4. The molecule has 14 aromatic carbocycles. The molecule has 0 fully saturated rings. The molecule has 4 heteroatoms. The molecule has 16 rings (SSSR count). The van der Waals surface area contributed by atoms with Gasteiger partial charge < -0.3 is 18.6 Å². The van der Waals surface area contributed by atoms with Gasteiger partial charge in [0.1, 0.15) is 11.2 Å². The van der Waals surface area contributed by atoms with E-state index in [2.05, 4.69) is 294 Å². The van der Waals surface area contributed by atoms with Crippen molar-refractivity contribution < 1.29 is 8.83 Å². The molecule has 0 aliphatic heterocycles. The minimum absolute atomic E-state index is 0.170. The molecule has 0 spiro atoms. The van der Waals surface area contributed by atoms with E-state index in [1.807, 2.05) is 0 Å². The second-order valence-corrected chi connectivity index (χ2v) is 23.6. The average Bonchev–Trinajstić information content (AvgIpc) is 2.19. The first-order valence-corrected chi connectivity index (χ1v) is 29.5. The number of hydrogen-bond acceptors (Lipinski definition) is 4. The fourth-order valence-electron chi connectivity index (χ4n) is 13.9. The monoisotopic (exact) mass is 1080 g/mol. The fraction of sp³-hybridized carbons (Fsp3) is 0.100. The van der Waals surface area contributed by atoms with Crippen LogP contribution in [-0.2, 0) is 0 Å². The van der Waals surface area contributed by atoms with Gasteiger partial charge in [-0.05, 0) is 140 Å². The molecule has 0 saturated heterocycles. The summed E-state index contributed by atoms with van der Waals surface area (Å²) in [7, 11) is 0. The number of anilines is 6. The lowest BCUT2D eigenvalue weighted by Gasteiger charge is -2.33. The average molecular weight is 1080 g/mol. The smallest absolute Gasteiger partial charge is 0.159 e. The largest absolute Gasteiger partial charge is 0.454 e. The van der Waals surface area contributed by atoms with Gasteiger partial charge in [-0.1, -0.05) is 227 Å². The van der Waals surface area contributed by atoms with Gasteiger partial charge >= 0.3 is 0 Å². The van der Waals surface area contributed by atoms with Gasteiger partial charge in [-0.25, -0.2) is 0 Å². The molecule has 0 aliphatic carbocycles. The Bertz CT molecular complexity index is 5300. The van der Waals surface area contributed by atoms with Crippen LogP contribution in [0.25, 0.3) is 120 Å². The van der Waals surface area contributed by atoms with Crippen molar-refractivity contribution in [2.75, 3.05) is 9.80 Å². The Labute approximate surface area is 488 Å². The van der Waals surface area contributed by atoms with E-state index >= 15 is 0 Å². The van der Waals surface area contributed by atoms with Crippen LogP contribution in [-0.4, -0.2) is 0 Å². The third kappa shape index (κ3) is 7.60. The first-order valence-electron chi connectivity index (χ1n) is 29.5. The molecule has 0 N–H and O–H groups in total. The predicted octanol–water partition coefficient (Wildman–Crippen LogP) is 23.8. The Morgan fingerprint density at radius 1 is 0.310 bits per heavy atom. The zero-order valence-electron chi connectivity index (χ0n) is 48.0. The van der Waals surface area contributed by atoms with Crippen LogP contribution >= 0.6 is 0 Å². The quantitative estimate of drug-likeness (QED) is 0.128. The van der Waals surface area contributed by atoms with Crippen LogP contribution in [0.3, 0.4) is 0 Å². The Morgan fingerprint density at radius 3 is 1.35 bits per heavy atom.